The van der Waals surface area contributed by atoms with Gasteiger partial charge in [0.25, 0.3) is 0 Å². The van der Waals surface area contributed by atoms with Crippen LogP contribution in [-0.2, 0) is 4.79 Å². The Morgan fingerprint density at radius 1 is 0.977 bits per heavy atom. The summed E-state index contributed by atoms with van der Waals surface area (Å²) in [6.45, 7) is 15.0. The maximum Gasteiger partial charge on any atom is 0.320 e. The molecule has 0 radical (unpaired) electrons. The summed E-state index contributed by atoms with van der Waals surface area (Å²) in [6.07, 6.45) is 3.55. The van der Waals surface area contributed by atoms with Crippen molar-refractivity contribution in [3.05, 3.63) is 12.7 Å². The Hall–Kier alpha value is -1.82. The highest BCUT2D eigenvalue weighted by Gasteiger charge is 2.57. The maximum absolute atomic E-state index is 16.6. The van der Waals surface area contributed by atoms with Gasteiger partial charge in [0.15, 0.2) is 0 Å². The maximum atomic E-state index is 16.6. The summed E-state index contributed by atoms with van der Waals surface area (Å²) in [6, 6.07) is -0.951. The fourth-order valence-corrected chi connectivity index (χ4v) is 9.87. The first-order valence-corrected chi connectivity index (χ1v) is 17.4. The minimum Gasteiger partial charge on any atom is -0.334 e. The lowest BCUT2D eigenvalue weighted by Gasteiger charge is -2.61. The number of fused-ring (bicyclic) bond motifs is 5. The van der Waals surface area contributed by atoms with Gasteiger partial charge in [-0.3, -0.25) is 15.0 Å². The largest absolute Gasteiger partial charge is 0.334 e. The predicted molar refractivity (Wildman–Crippen MR) is 167 cm³/mol. The van der Waals surface area contributed by atoms with E-state index in [0.29, 0.717) is 31.3 Å². The number of nitrogens with one attached hydrogen (secondary N) is 4. The van der Waals surface area contributed by atoms with E-state index in [2.05, 4.69) is 53.5 Å². The molecular formula is C33H55F2N7O2. The van der Waals surface area contributed by atoms with Crippen molar-refractivity contribution >= 4 is 11.9 Å². The molecule has 3 amide bonds. The number of rotatable bonds is 3. The van der Waals surface area contributed by atoms with Crippen molar-refractivity contribution in [3.8, 4) is 0 Å². The molecular weight excluding hydrogens is 564 g/mol. The van der Waals surface area contributed by atoms with Crippen molar-refractivity contribution in [1.82, 2.24) is 36.0 Å². The van der Waals surface area contributed by atoms with Gasteiger partial charge in [0.2, 0.25) is 5.91 Å². The highest BCUT2D eigenvalue weighted by molar-refractivity contribution is 5.87. The minimum atomic E-state index is -1.23. The van der Waals surface area contributed by atoms with E-state index in [9.17, 15) is 9.59 Å². The van der Waals surface area contributed by atoms with Crippen molar-refractivity contribution in [1.29, 1.82) is 0 Å². The first kappa shape index (κ1) is 32.1. The van der Waals surface area contributed by atoms with Gasteiger partial charge in [0.05, 0.1) is 18.4 Å². The molecule has 4 N–H and O–H groups in total. The molecule has 2 bridgehead atoms. The Labute approximate surface area is 262 Å². The predicted octanol–water partition coefficient (Wildman–Crippen LogP) is 2.98. The van der Waals surface area contributed by atoms with Crippen LogP contribution in [0.4, 0.5) is 13.6 Å². The monoisotopic (exact) mass is 619 g/mol. The van der Waals surface area contributed by atoms with Crippen LogP contribution < -0.4 is 21.3 Å². The summed E-state index contributed by atoms with van der Waals surface area (Å²) in [5.41, 5.74) is 0. The third kappa shape index (κ3) is 5.68. The van der Waals surface area contributed by atoms with Crippen LogP contribution in [0.1, 0.15) is 72.6 Å². The molecule has 5 saturated heterocycles. The summed E-state index contributed by atoms with van der Waals surface area (Å²) in [4.78, 5) is 33.2. The summed E-state index contributed by atoms with van der Waals surface area (Å²) < 4.78 is 32.4. The van der Waals surface area contributed by atoms with E-state index >= 15 is 8.78 Å². The zero-order chi connectivity index (χ0) is 31.3. The molecule has 6 rings (SSSR count). The molecule has 0 aromatic carbocycles. The second-order valence-corrected chi connectivity index (χ2v) is 14.8. The second kappa shape index (κ2) is 13.1. The zero-order valence-corrected chi connectivity index (χ0v) is 27.1. The topological polar surface area (TPSA) is 92.0 Å². The minimum absolute atomic E-state index is 0.0531. The van der Waals surface area contributed by atoms with Gasteiger partial charge < -0.3 is 25.8 Å². The van der Waals surface area contributed by atoms with Crippen LogP contribution in [0, 0.1) is 23.7 Å². The molecule has 44 heavy (non-hydrogen) atoms. The number of piperidine rings is 2. The van der Waals surface area contributed by atoms with Crippen molar-refractivity contribution in [2.24, 2.45) is 23.7 Å². The Morgan fingerprint density at radius 3 is 2.52 bits per heavy atom. The standard InChI is InChI=1S/C33H55F2N7O2/c1-6-26(43)40-15-16-41(20(5)19(40)4)31-22-17-24(35)29-27-23(34)10-7-11-25(27)36-13-8-9-21-12-14-37-28(18(2)3)30(21)42(32(22)38-29)33(44)39-31/h6,18-25,27-32,36-38H,1,7-17H2,2-5H3,(H,39,44)/t19-,20+,21?,22?,23?,24?,25?,27?,28?,29?,30?,31?,32?/m1/s1. The molecule has 248 valence electrons. The van der Waals surface area contributed by atoms with Crippen LogP contribution >= 0.6 is 0 Å². The van der Waals surface area contributed by atoms with Gasteiger partial charge in [-0.2, -0.15) is 0 Å². The number of carbonyl (C=O) groups excluding carboxylic acids is 2. The highest BCUT2D eigenvalue weighted by Crippen LogP contribution is 2.43. The quantitative estimate of drug-likeness (QED) is 0.364. The number of alkyl halides is 2. The summed E-state index contributed by atoms with van der Waals surface area (Å²) in [5, 5.41) is 14.5. The molecule has 6 aliphatic rings. The normalized spacial score (nSPS) is 45.3. The highest BCUT2D eigenvalue weighted by atomic mass is 19.1. The van der Waals surface area contributed by atoms with Crippen molar-refractivity contribution in [2.45, 2.75) is 134 Å². The van der Waals surface area contributed by atoms with E-state index < -0.39 is 36.6 Å². The molecule has 5 aliphatic heterocycles. The lowest BCUT2D eigenvalue weighted by atomic mass is 9.71. The lowest BCUT2D eigenvalue weighted by Crippen LogP contribution is -2.80. The summed E-state index contributed by atoms with van der Waals surface area (Å²) in [7, 11) is 0. The number of nitrogens with zero attached hydrogens (tertiary/aromatic N) is 3. The second-order valence-electron chi connectivity index (χ2n) is 14.8. The van der Waals surface area contributed by atoms with E-state index in [4.69, 9.17) is 0 Å². The van der Waals surface area contributed by atoms with Gasteiger partial charge in [0, 0.05) is 55.1 Å². The van der Waals surface area contributed by atoms with Gasteiger partial charge in [-0.15, -0.1) is 0 Å². The molecule has 11 heteroatoms. The van der Waals surface area contributed by atoms with E-state index in [1.165, 1.54) is 6.08 Å². The van der Waals surface area contributed by atoms with E-state index in [-0.39, 0.29) is 54.5 Å². The van der Waals surface area contributed by atoms with Crippen LogP contribution in [-0.4, -0.2) is 114 Å². The van der Waals surface area contributed by atoms with Crippen LogP contribution in [0.2, 0.25) is 0 Å². The third-order valence-electron chi connectivity index (χ3n) is 12.2. The molecule has 5 heterocycles. The number of hydrogen-bond acceptors (Lipinski definition) is 6. The van der Waals surface area contributed by atoms with Crippen LogP contribution in [0.25, 0.3) is 0 Å². The number of piperazine rings is 1. The number of amides is 3. The molecule has 1 saturated carbocycles. The molecule has 9 nitrogen and oxygen atoms in total. The first-order valence-electron chi connectivity index (χ1n) is 17.4. The fraction of sp³-hybridized carbons (Fsp3) is 0.879. The van der Waals surface area contributed by atoms with Crippen LogP contribution in [0.3, 0.4) is 0 Å². The van der Waals surface area contributed by atoms with Gasteiger partial charge >= 0.3 is 6.03 Å². The van der Waals surface area contributed by atoms with Crippen LogP contribution in [0.15, 0.2) is 12.7 Å². The number of carbonyl (C=O) groups is 2. The molecule has 13 atom stereocenters. The van der Waals surface area contributed by atoms with E-state index in [0.717, 1.165) is 45.2 Å². The Morgan fingerprint density at radius 2 is 1.77 bits per heavy atom. The third-order valence-corrected chi connectivity index (χ3v) is 12.2. The van der Waals surface area contributed by atoms with Crippen LogP contribution in [0.5, 0.6) is 0 Å². The lowest BCUT2D eigenvalue weighted by molar-refractivity contribution is -0.137. The molecule has 1 aliphatic carbocycles. The summed E-state index contributed by atoms with van der Waals surface area (Å²) in [5.74, 6) is -0.181. The van der Waals surface area contributed by atoms with Gasteiger partial charge in [0.1, 0.15) is 12.3 Å². The molecule has 11 unspecified atom stereocenters. The van der Waals surface area contributed by atoms with E-state index in [1.807, 2.05) is 16.7 Å². The average Bonchev–Trinajstić information content (AvgIpc) is 2.99. The Bertz CT molecular complexity index is 1070. The van der Waals surface area contributed by atoms with Crippen molar-refractivity contribution < 1.29 is 18.4 Å². The zero-order valence-electron chi connectivity index (χ0n) is 27.1. The smallest absolute Gasteiger partial charge is 0.320 e. The van der Waals surface area contributed by atoms with Gasteiger partial charge in [-0.25, -0.2) is 13.6 Å². The SMILES string of the molecule is C=CC(=O)N1CCN(C2NC(=O)N3C4NC(C(F)CC42)C2C(F)CCCC2NCCCC2CCNC(C(C)C)C23)[C@@H](C)[C@H]1C. The van der Waals surface area contributed by atoms with E-state index in [1.54, 1.807) is 0 Å². The fourth-order valence-electron chi connectivity index (χ4n) is 9.87. The first-order chi connectivity index (χ1) is 21.1. The van der Waals surface area contributed by atoms with Gasteiger partial charge in [-0.1, -0.05) is 20.4 Å². The number of halogens is 2. The van der Waals surface area contributed by atoms with Gasteiger partial charge in [-0.05, 0) is 89.8 Å². The Balaban J connectivity index is 1.38. The molecule has 6 fully saturated rings. The Kier molecular flexibility index (Phi) is 9.58. The van der Waals surface area contributed by atoms with Crippen molar-refractivity contribution in [2.75, 3.05) is 26.2 Å². The number of urea groups is 1. The average molecular weight is 620 g/mol. The number of hydrogen-bond donors (Lipinski definition) is 4. The van der Waals surface area contributed by atoms with Crippen molar-refractivity contribution in [3.63, 3.8) is 0 Å². The molecule has 0 aromatic heterocycles. The summed E-state index contributed by atoms with van der Waals surface area (Å²) >= 11 is 0. The molecule has 0 aromatic rings. The molecule has 0 spiro atoms.